The van der Waals surface area contributed by atoms with Gasteiger partial charge in [-0.25, -0.2) is 0 Å². The van der Waals surface area contributed by atoms with E-state index in [1.807, 2.05) is 71.3 Å². The fourth-order valence-corrected chi connectivity index (χ4v) is 3.35. The second kappa shape index (κ2) is 9.09. The van der Waals surface area contributed by atoms with Crippen LogP contribution in [0.5, 0.6) is 5.75 Å². The molecule has 5 heteroatoms. The minimum atomic E-state index is -0.398. The molecule has 0 atom stereocenters. The summed E-state index contributed by atoms with van der Waals surface area (Å²) in [5.41, 5.74) is 3.96. The van der Waals surface area contributed by atoms with Crippen molar-refractivity contribution in [1.82, 2.24) is 9.55 Å². The Morgan fingerprint density at radius 3 is 2.20 bits per heavy atom. The largest absolute Gasteiger partial charge is 0.490 e. The molecule has 0 aliphatic carbocycles. The van der Waals surface area contributed by atoms with Crippen molar-refractivity contribution in [3.05, 3.63) is 118 Å². The van der Waals surface area contributed by atoms with Gasteiger partial charge in [0.25, 0.3) is 0 Å². The number of hydrogen-bond acceptors (Lipinski definition) is 4. The smallest absolute Gasteiger partial charge is 0.316 e. The molecule has 0 aliphatic rings. The van der Waals surface area contributed by atoms with Crippen LogP contribution in [-0.2, 0) is 13.0 Å². The van der Waals surface area contributed by atoms with E-state index in [2.05, 4.69) is 28.5 Å². The monoisotopic (exact) mass is 397 g/mol. The van der Waals surface area contributed by atoms with Crippen LogP contribution in [0.25, 0.3) is 0 Å². The Labute approximate surface area is 175 Å². The topological polar surface area (TPSA) is 56.1 Å². The first-order valence-electron chi connectivity index (χ1n) is 9.81. The number of aromatic nitrogens is 2. The molecular formula is C25H23N3O2. The van der Waals surface area contributed by atoms with Crippen molar-refractivity contribution in [2.75, 3.05) is 12.4 Å². The van der Waals surface area contributed by atoms with Crippen molar-refractivity contribution in [3.8, 4) is 5.75 Å². The van der Waals surface area contributed by atoms with Gasteiger partial charge in [0.15, 0.2) is 0 Å². The van der Waals surface area contributed by atoms with E-state index in [4.69, 9.17) is 4.74 Å². The Bertz CT molecular complexity index is 1170. The van der Waals surface area contributed by atoms with E-state index in [1.165, 1.54) is 12.7 Å². The summed E-state index contributed by atoms with van der Waals surface area (Å²) in [6, 6.07) is 28.4. The van der Waals surface area contributed by atoms with Crippen LogP contribution in [0.4, 0.5) is 11.6 Å². The molecule has 150 valence electrons. The molecule has 1 heterocycles. The third-order valence-corrected chi connectivity index (χ3v) is 4.88. The van der Waals surface area contributed by atoms with Crippen LogP contribution in [0.3, 0.4) is 0 Å². The maximum absolute atomic E-state index is 12.4. The summed E-state index contributed by atoms with van der Waals surface area (Å²) in [4.78, 5) is 16.6. The molecule has 30 heavy (non-hydrogen) atoms. The standard InChI is InChI=1S/C25H23N3O2/c1-30-23-18-28(17-20-12-6-3-7-13-20)25(27-24(23)29)26-22-15-9-8-14-21(22)16-19-10-4-2-5-11-19/h2-15,18H,16-17H2,1H3,(H,26,27,29). The third-order valence-electron chi connectivity index (χ3n) is 4.88. The molecule has 0 spiro atoms. The van der Waals surface area contributed by atoms with Gasteiger partial charge in [0, 0.05) is 5.69 Å². The fraction of sp³-hybridized carbons (Fsp3) is 0.120. The molecule has 3 aromatic carbocycles. The van der Waals surface area contributed by atoms with E-state index in [9.17, 15) is 4.79 Å². The van der Waals surface area contributed by atoms with Crippen molar-refractivity contribution >= 4 is 11.6 Å². The second-order valence-corrected chi connectivity index (χ2v) is 7.00. The molecule has 0 amide bonds. The van der Waals surface area contributed by atoms with Gasteiger partial charge in [0.05, 0.1) is 19.9 Å². The van der Waals surface area contributed by atoms with E-state index >= 15 is 0 Å². The highest BCUT2D eigenvalue weighted by Gasteiger charge is 2.12. The minimum absolute atomic E-state index is 0.217. The minimum Gasteiger partial charge on any atom is -0.490 e. The van der Waals surface area contributed by atoms with Gasteiger partial charge < -0.3 is 14.6 Å². The molecule has 0 fully saturated rings. The summed E-state index contributed by atoms with van der Waals surface area (Å²) >= 11 is 0. The Morgan fingerprint density at radius 2 is 1.50 bits per heavy atom. The van der Waals surface area contributed by atoms with E-state index in [1.54, 1.807) is 6.20 Å². The summed E-state index contributed by atoms with van der Waals surface area (Å²) in [7, 11) is 1.48. The molecule has 0 bridgehead atoms. The molecule has 1 N–H and O–H groups in total. The normalized spacial score (nSPS) is 10.6. The van der Waals surface area contributed by atoms with E-state index < -0.39 is 5.56 Å². The Kier molecular flexibility index (Phi) is 5.90. The molecular weight excluding hydrogens is 374 g/mol. The number of hydrogen-bond donors (Lipinski definition) is 1. The van der Waals surface area contributed by atoms with Crippen molar-refractivity contribution in [3.63, 3.8) is 0 Å². The molecule has 0 unspecified atom stereocenters. The van der Waals surface area contributed by atoms with Gasteiger partial charge in [0.1, 0.15) is 0 Å². The molecule has 0 aliphatic heterocycles. The number of nitrogens with zero attached hydrogens (tertiary/aromatic N) is 2. The van der Waals surface area contributed by atoms with Gasteiger partial charge >= 0.3 is 5.56 Å². The Hall–Kier alpha value is -3.86. The SMILES string of the molecule is COc1cn(Cc2ccccc2)c(Nc2ccccc2Cc2ccccc2)nc1=O. The fourth-order valence-electron chi connectivity index (χ4n) is 3.35. The predicted octanol–water partition coefficient (Wildman–Crippen LogP) is 4.63. The van der Waals surface area contributed by atoms with Gasteiger partial charge in [-0.3, -0.25) is 4.79 Å². The highest BCUT2D eigenvalue weighted by Crippen LogP contribution is 2.23. The lowest BCUT2D eigenvalue weighted by Gasteiger charge is -2.17. The van der Waals surface area contributed by atoms with Crippen LogP contribution in [0.2, 0.25) is 0 Å². The number of para-hydroxylation sites is 1. The predicted molar refractivity (Wildman–Crippen MR) is 120 cm³/mol. The molecule has 5 nitrogen and oxygen atoms in total. The van der Waals surface area contributed by atoms with Crippen LogP contribution in [0.1, 0.15) is 16.7 Å². The van der Waals surface area contributed by atoms with E-state index in [0.717, 1.165) is 23.2 Å². The van der Waals surface area contributed by atoms with Gasteiger partial charge in [0.2, 0.25) is 11.7 Å². The summed E-state index contributed by atoms with van der Waals surface area (Å²) < 4.78 is 7.11. The van der Waals surface area contributed by atoms with E-state index in [0.29, 0.717) is 12.5 Å². The van der Waals surface area contributed by atoms with Crippen LogP contribution in [0.15, 0.2) is 95.9 Å². The second-order valence-electron chi connectivity index (χ2n) is 7.00. The lowest BCUT2D eigenvalue weighted by Crippen LogP contribution is -2.19. The van der Waals surface area contributed by atoms with Gasteiger partial charge in [-0.05, 0) is 29.2 Å². The quantitative estimate of drug-likeness (QED) is 0.494. The summed E-state index contributed by atoms with van der Waals surface area (Å²) in [5.74, 6) is 0.694. The van der Waals surface area contributed by atoms with Crippen molar-refractivity contribution in [2.24, 2.45) is 0 Å². The molecule has 4 rings (SSSR count). The van der Waals surface area contributed by atoms with Crippen molar-refractivity contribution in [2.45, 2.75) is 13.0 Å². The third kappa shape index (κ3) is 4.58. The highest BCUT2D eigenvalue weighted by atomic mass is 16.5. The number of benzene rings is 3. The van der Waals surface area contributed by atoms with E-state index in [-0.39, 0.29) is 5.75 Å². The van der Waals surface area contributed by atoms with Crippen LogP contribution < -0.4 is 15.6 Å². The number of ether oxygens (including phenoxy) is 1. The number of rotatable bonds is 7. The zero-order valence-electron chi connectivity index (χ0n) is 16.8. The highest BCUT2D eigenvalue weighted by molar-refractivity contribution is 5.60. The zero-order chi connectivity index (χ0) is 20.8. The summed E-state index contributed by atoms with van der Waals surface area (Å²) in [6.07, 6.45) is 2.48. The van der Waals surface area contributed by atoms with Crippen LogP contribution in [-0.4, -0.2) is 16.7 Å². The van der Waals surface area contributed by atoms with Gasteiger partial charge in [-0.1, -0.05) is 78.9 Å². The molecule has 0 radical (unpaired) electrons. The average Bonchev–Trinajstić information content (AvgIpc) is 2.78. The average molecular weight is 397 g/mol. The summed E-state index contributed by atoms with van der Waals surface area (Å²) in [5, 5.41) is 3.37. The first-order valence-corrected chi connectivity index (χ1v) is 9.81. The summed E-state index contributed by atoms with van der Waals surface area (Å²) in [6.45, 7) is 0.563. The van der Waals surface area contributed by atoms with Crippen molar-refractivity contribution < 1.29 is 4.74 Å². The Morgan fingerprint density at radius 1 is 0.867 bits per heavy atom. The first kappa shape index (κ1) is 19.5. The first-order chi connectivity index (χ1) is 14.7. The lowest BCUT2D eigenvalue weighted by atomic mass is 10.0. The number of methoxy groups -OCH3 is 1. The van der Waals surface area contributed by atoms with Gasteiger partial charge in [-0.2, -0.15) is 4.98 Å². The maximum atomic E-state index is 12.4. The molecule has 1 aromatic heterocycles. The Balaban J connectivity index is 1.69. The van der Waals surface area contributed by atoms with Crippen LogP contribution in [0, 0.1) is 0 Å². The number of nitrogens with one attached hydrogen (secondary N) is 1. The lowest BCUT2D eigenvalue weighted by molar-refractivity contribution is 0.402. The van der Waals surface area contributed by atoms with Crippen molar-refractivity contribution in [1.29, 1.82) is 0 Å². The molecule has 4 aromatic rings. The molecule has 0 saturated heterocycles. The zero-order valence-corrected chi connectivity index (χ0v) is 16.8. The maximum Gasteiger partial charge on any atom is 0.316 e. The number of anilines is 2. The molecule has 0 saturated carbocycles. The van der Waals surface area contributed by atoms with Crippen LogP contribution >= 0.6 is 0 Å². The van der Waals surface area contributed by atoms with Gasteiger partial charge in [-0.15, -0.1) is 0 Å².